The first-order valence-corrected chi connectivity index (χ1v) is 8.78. The van der Waals surface area contributed by atoms with Gasteiger partial charge in [0.1, 0.15) is 12.1 Å². The molecule has 2 aromatic rings. The third kappa shape index (κ3) is 4.31. The van der Waals surface area contributed by atoms with E-state index in [1.807, 2.05) is 4.90 Å². The van der Waals surface area contributed by atoms with Crippen LogP contribution >= 0.6 is 0 Å². The highest BCUT2D eigenvalue weighted by Gasteiger charge is 2.29. The van der Waals surface area contributed by atoms with E-state index in [1.54, 1.807) is 0 Å². The van der Waals surface area contributed by atoms with Crippen molar-refractivity contribution in [1.82, 2.24) is 20.3 Å². The van der Waals surface area contributed by atoms with Crippen LogP contribution in [0.1, 0.15) is 17.3 Å². The smallest absolute Gasteiger partial charge is 0.348 e. The maximum absolute atomic E-state index is 13.0. The highest BCUT2D eigenvalue weighted by molar-refractivity contribution is 5.95. The number of hydrogen-bond donors (Lipinski definition) is 2. The van der Waals surface area contributed by atoms with Crippen molar-refractivity contribution in [3.63, 3.8) is 0 Å². The van der Waals surface area contributed by atoms with Crippen molar-refractivity contribution in [3.8, 4) is 0 Å². The predicted octanol–water partition coefficient (Wildman–Crippen LogP) is 1.42. The zero-order valence-electron chi connectivity index (χ0n) is 15.3. The van der Waals surface area contributed by atoms with Crippen LogP contribution in [0.2, 0.25) is 0 Å². The predicted molar refractivity (Wildman–Crippen MR) is 101 cm³/mol. The molecule has 28 heavy (non-hydrogen) atoms. The molecule has 1 saturated heterocycles. The summed E-state index contributed by atoms with van der Waals surface area (Å²) in [6.07, 6.45) is 1.21. The first-order chi connectivity index (χ1) is 13.5. The number of hydrazine groups is 1. The molecule has 148 valence electrons. The van der Waals surface area contributed by atoms with Gasteiger partial charge in [-0.15, -0.1) is 0 Å². The van der Waals surface area contributed by atoms with Gasteiger partial charge >= 0.3 is 5.69 Å². The first kappa shape index (κ1) is 19.4. The highest BCUT2D eigenvalue weighted by atomic mass is 19.1. The van der Waals surface area contributed by atoms with Crippen LogP contribution in [0.4, 0.5) is 21.7 Å². The molecule has 11 heteroatoms. The molecule has 0 bridgehead atoms. The molecule has 1 aromatic heterocycles. The zero-order valence-corrected chi connectivity index (χ0v) is 15.3. The van der Waals surface area contributed by atoms with Gasteiger partial charge in [0.2, 0.25) is 11.6 Å². The molecule has 1 fully saturated rings. The maximum atomic E-state index is 13.0. The Balaban J connectivity index is 1.77. The van der Waals surface area contributed by atoms with E-state index in [-0.39, 0.29) is 22.9 Å². The number of likely N-dealkylation sites (N-methyl/N-ethyl adjacent to an activating group) is 1. The molecule has 0 saturated carbocycles. The van der Waals surface area contributed by atoms with Crippen LogP contribution in [0.5, 0.6) is 0 Å². The Morgan fingerprint density at radius 1 is 1.21 bits per heavy atom. The van der Waals surface area contributed by atoms with Crippen LogP contribution in [0, 0.1) is 15.9 Å². The number of piperazine rings is 1. The number of halogens is 1. The summed E-state index contributed by atoms with van der Waals surface area (Å²) in [4.78, 5) is 35.3. The van der Waals surface area contributed by atoms with Crippen molar-refractivity contribution in [3.05, 3.63) is 52.1 Å². The molecule has 2 heterocycles. The number of nitro groups is 1. The fraction of sp³-hybridized carbons (Fsp3) is 0.353. The van der Waals surface area contributed by atoms with E-state index in [0.29, 0.717) is 13.1 Å². The number of anilines is 2. The van der Waals surface area contributed by atoms with Gasteiger partial charge in [-0.25, -0.2) is 14.4 Å². The summed E-state index contributed by atoms with van der Waals surface area (Å²) in [6.45, 7) is 5.75. The minimum absolute atomic E-state index is 0.122. The molecule has 1 aromatic carbocycles. The summed E-state index contributed by atoms with van der Waals surface area (Å²) >= 11 is 0. The van der Waals surface area contributed by atoms with Gasteiger partial charge in [0.25, 0.3) is 5.91 Å². The van der Waals surface area contributed by atoms with Gasteiger partial charge < -0.3 is 9.80 Å². The number of carbonyl (C=O) groups excluding carboxylic acids is 1. The maximum Gasteiger partial charge on any atom is 0.355 e. The van der Waals surface area contributed by atoms with Crippen LogP contribution in [0.25, 0.3) is 0 Å². The number of benzene rings is 1. The minimum atomic E-state index is -0.578. The Labute approximate surface area is 160 Å². The Morgan fingerprint density at radius 2 is 1.89 bits per heavy atom. The summed E-state index contributed by atoms with van der Waals surface area (Å²) in [7, 11) is 0. The second kappa shape index (κ2) is 8.57. The van der Waals surface area contributed by atoms with E-state index in [2.05, 4.69) is 32.6 Å². The largest absolute Gasteiger partial charge is 0.355 e. The van der Waals surface area contributed by atoms with E-state index in [4.69, 9.17) is 0 Å². The quantitative estimate of drug-likeness (QED) is 0.563. The van der Waals surface area contributed by atoms with E-state index >= 15 is 0 Å². The number of nitrogens with zero attached hydrogens (tertiary/aromatic N) is 5. The number of nitrogens with one attached hydrogen (secondary N) is 2. The second-order valence-corrected chi connectivity index (χ2v) is 6.16. The van der Waals surface area contributed by atoms with Crippen LogP contribution < -0.4 is 15.8 Å². The van der Waals surface area contributed by atoms with Crippen LogP contribution in [-0.2, 0) is 0 Å². The van der Waals surface area contributed by atoms with Crippen LogP contribution in [0.3, 0.4) is 0 Å². The highest BCUT2D eigenvalue weighted by Crippen LogP contribution is 2.31. The van der Waals surface area contributed by atoms with Crippen LogP contribution in [0.15, 0.2) is 30.6 Å². The molecule has 0 atom stereocenters. The van der Waals surface area contributed by atoms with Crippen molar-refractivity contribution in [2.45, 2.75) is 6.92 Å². The SMILES string of the molecule is CCN1CCN(c2ncnc(NNC(=O)c3ccc(F)cc3)c2[N+](=O)[O-])CC1. The Bertz CT molecular complexity index is 854. The van der Waals surface area contributed by atoms with Gasteiger partial charge in [0, 0.05) is 31.7 Å². The number of carbonyl (C=O) groups is 1. The molecule has 0 radical (unpaired) electrons. The van der Waals surface area contributed by atoms with Gasteiger partial charge in [0.15, 0.2) is 0 Å². The fourth-order valence-electron chi connectivity index (χ4n) is 2.93. The summed E-state index contributed by atoms with van der Waals surface area (Å²) in [5.41, 5.74) is 4.71. The van der Waals surface area contributed by atoms with Crippen molar-refractivity contribution in [1.29, 1.82) is 0 Å². The lowest BCUT2D eigenvalue weighted by atomic mass is 10.2. The minimum Gasteiger partial charge on any atom is -0.348 e. The Morgan fingerprint density at radius 3 is 2.50 bits per heavy atom. The van der Waals surface area contributed by atoms with E-state index < -0.39 is 16.6 Å². The molecule has 0 unspecified atom stereocenters. The number of amides is 1. The Kier molecular flexibility index (Phi) is 5.94. The van der Waals surface area contributed by atoms with E-state index in [1.165, 1.54) is 18.5 Å². The first-order valence-electron chi connectivity index (χ1n) is 8.78. The second-order valence-electron chi connectivity index (χ2n) is 6.16. The van der Waals surface area contributed by atoms with Gasteiger partial charge in [-0.1, -0.05) is 6.92 Å². The molecule has 10 nitrogen and oxygen atoms in total. The van der Waals surface area contributed by atoms with Crippen molar-refractivity contribution in [2.24, 2.45) is 0 Å². The summed E-state index contributed by atoms with van der Waals surface area (Å²) < 4.78 is 13.0. The molecular weight excluding hydrogens is 369 g/mol. The standard InChI is InChI=1S/C17H20FN7O3/c1-2-23-7-9-24(10-8-23)16-14(25(27)28)15(19-11-20-16)21-22-17(26)12-3-5-13(18)6-4-12/h3-6,11H,2,7-10H2,1H3,(H,22,26)(H,19,20,21). The number of rotatable bonds is 6. The van der Waals surface area contributed by atoms with Gasteiger partial charge in [-0.05, 0) is 30.8 Å². The normalized spacial score (nSPS) is 14.6. The number of aromatic nitrogens is 2. The topological polar surface area (TPSA) is 117 Å². The number of hydrogen-bond acceptors (Lipinski definition) is 8. The summed E-state index contributed by atoms with van der Waals surface area (Å²) in [5.74, 6) is -0.965. The lowest BCUT2D eigenvalue weighted by molar-refractivity contribution is -0.383. The average molecular weight is 389 g/mol. The lowest BCUT2D eigenvalue weighted by Gasteiger charge is -2.34. The molecule has 2 N–H and O–H groups in total. The third-order valence-electron chi connectivity index (χ3n) is 4.51. The average Bonchev–Trinajstić information content (AvgIpc) is 2.72. The van der Waals surface area contributed by atoms with E-state index in [9.17, 15) is 19.3 Å². The summed E-state index contributed by atoms with van der Waals surface area (Å²) in [5, 5.41) is 11.7. The molecular formula is C17H20FN7O3. The van der Waals surface area contributed by atoms with Crippen molar-refractivity contribution in [2.75, 3.05) is 43.0 Å². The van der Waals surface area contributed by atoms with Crippen LogP contribution in [-0.4, -0.2) is 58.4 Å². The van der Waals surface area contributed by atoms with Gasteiger partial charge in [-0.2, -0.15) is 0 Å². The van der Waals surface area contributed by atoms with Gasteiger partial charge in [-0.3, -0.25) is 25.8 Å². The van der Waals surface area contributed by atoms with Crippen molar-refractivity contribution >= 4 is 23.2 Å². The third-order valence-corrected chi connectivity index (χ3v) is 4.51. The Hall–Kier alpha value is -3.34. The molecule has 3 rings (SSSR count). The zero-order chi connectivity index (χ0) is 20.1. The molecule has 1 amide bonds. The van der Waals surface area contributed by atoms with Gasteiger partial charge in [0.05, 0.1) is 4.92 Å². The molecule has 0 spiro atoms. The monoisotopic (exact) mass is 389 g/mol. The molecule has 0 aliphatic carbocycles. The molecule has 1 aliphatic rings. The van der Waals surface area contributed by atoms with Crippen molar-refractivity contribution < 1.29 is 14.1 Å². The lowest BCUT2D eigenvalue weighted by Crippen LogP contribution is -2.46. The fourth-order valence-corrected chi connectivity index (χ4v) is 2.93. The summed E-state index contributed by atoms with van der Waals surface area (Å²) in [6, 6.07) is 4.91. The molecule has 1 aliphatic heterocycles. The van der Waals surface area contributed by atoms with E-state index in [0.717, 1.165) is 31.8 Å².